The number of hydrogen-bond acceptors (Lipinski definition) is 6. The van der Waals surface area contributed by atoms with Crippen molar-refractivity contribution in [1.29, 1.82) is 0 Å². The van der Waals surface area contributed by atoms with E-state index in [0.717, 1.165) is 12.8 Å². The van der Waals surface area contributed by atoms with Crippen LogP contribution in [0.25, 0.3) is 11.0 Å². The maximum atomic E-state index is 13.5. The average Bonchev–Trinajstić information content (AvgIpc) is 3.18. The Hall–Kier alpha value is -3.64. The van der Waals surface area contributed by atoms with Crippen LogP contribution in [0.1, 0.15) is 24.6 Å². The minimum atomic E-state index is -0.566. The molecule has 164 valence electrons. The number of nitrogen functional groups attached to an aromatic ring is 1. The predicted molar refractivity (Wildman–Crippen MR) is 119 cm³/mol. The van der Waals surface area contributed by atoms with Gasteiger partial charge in [0.1, 0.15) is 36.0 Å². The van der Waals surface area contributed by atoms with Gasteiger partial charge in [0.15, 0.2) is 5.65 Å². The van der Waals surface area contributed by atoms with Crippen molar-refractivity contribution in [3.05, 3.63) is 53.7 Å². The normalized spacial score (nSPS) is 15.8. The number of fused-ring (bicyclic) bond motifs is 1. The van der Waals surface area contributed by atoms with E-state index in [1.807, 2.05) is 0 Å². The largest absolute Gasteiger partial charge is 0.481 e. The first-order chi connectivity index (χ1) is 15.5. The number of halogens is 2. The molecule has 1 unspecified atom stereocenters. The number of benzene rings is 1. The van der Waals surface area contributed by atoms with Crippen molar-refractivity contribution in [2.75, 3.05) is 25.4 Å². The summed E-state index contributed by atoms with van der Waals surface area (Å²) in [5, 5.41) is 5.19. The number of carbonyl (C=O) groups excluding carboxylic acids is 1. The van der Waals surface area contributed by atoms with E-state index in [0.29, 0.717) is 35.6 Å². The van der Waals surface area contributed by atoms with Crippen molar-refractivity contribution in [2.45, 2.75) is 18.9 Å². The van der Waals surface area contributed by atoms with Crippen molar-refractivity contribution >= 4 is 34.4 Å². The molecule has 1 saturated heterocycles. The Balaban J connectivity index is 1.59. The predicted octanol–water partition coefficient (Wildman–Crippen LogP) is 2.98. The average molecular weight is 455 g/mol. The van der Waals surface area contributed by atoms with Gasteiger partial charge in [-0.3, -0.25) is 4.79 Å². The molecule has 3 aromatic rings. The third kappa shape index (κ3) is 4.36. The first-order valence-corrected chi connectivity index (χ1v) is 10.3. The summed E-state index contributed by atoms with van der Waals surface area (Å²) in [7, 11) is 0. The number of piperidine rings is 1. The highest BCUT2D eigenvalue weighted by molar-refractivity contribution is 6.30. The lowest BCUT2D eigenvalue weighted by molar-refractivity contribution is -0.127. The van der Waals surface area contributed by atoms with E-state index in [2.05, 4.69) is 33.5 Å². The molecule has 3 heterocycles. The van der Waals surface area contributed by atoms with Gasteiger partial charge in [0, 0.05) is 19.2 Å². The van der Waals surface area contributed by atoms with E-state index in [9.17, 15) is 9.18 Å². The Labute approximate surface area is 188 Å². The fraction of sp³-hybridized carbons (Fsp3) is 0.273. The van der Waals surface area contributed by atoms with E-state index >= 15 is 0 Å². The van der Waals surface area contributed by atoms with Gasteiger partial charge in [0.05, 0.1) is 16.5 Å². The Morgan fingerprint density at radius 2 is 2.28 bits per heavy atom. The van der Waals surface area contributed by atoms with Gasteiger partial charge in [0.25, 0.3) is 0 Å². The lowest BCUT2D eigenvalue weighted by atomic mass is 10.1. The summed E-state index contributed by atoms with van der Waals surface area (Å²) < 4.78 is 20.8. The molecule has 1 atom stereocenters. The second-order valence-corrected chi connectivity index (χ2v) is 7.61. The summed E-state index contributed by atoms with van der Waals surface area (Å²) >= 11 is 5.67. The summed E-state index contributed by atoms with van der Waals surface area (Å²) in [4.78, 5) is 22.2. The van der Waals surface area contributed by atoms with E-state index in [1.54, 1.807) is 15.6 Å². The first-order valence-electron chi connectivity index (χ1n) is 9.94. The zero-order valence-electron chi connectivity index (χ0n) is 17.1. The van der Waals surface area contributed by atoms with Gasteiger partial charge < -0.3 is 15.4 Å². The molecule has 32 heavy (non-hydrogen) atoms. The van der Waals surface area contributed by atoms with E-state index < -0.39 is 5.82 Å². The highest BCUT2D eigenvalue weighted by Crippen LogP contribution is 2.28. The molecular weight excluding hydrogens is 435 g/mol. The van der Waals surface area contributed by atoms with Gasteiger partial charge in [-0.2, -0.15) is 5.10 Å². The number of anilines is 1. The van der Waals surface area contributed by atoms with Gasteiger partial charge in [-0.05, 0) is 37.0 Å². The zero-order valence-corrected chi connectivity index (χ0v) is 17.8. The molecule has 1 aliphatic heterocycles. The van der Waals surface area contributed by atoms with Crippen LogP contribution in [0.15, 0.2) is 37.2 Å². The molecule has 2 aromatic heterocycles. The SMILES string of the molecule is C=CC(=O)N1CCCC(n2nc(C#CCOc3ccc(Cl)c(F)c3)c3c(N)ncnc32)C1. The van der Waals surface area contributed by atoms with Crippen molar-refractivity contribution in [1.82, 2.24) is 24.6 Å². The fourth-order valence-corrected chi connectivity index (χ4v) is 3.74. The van der Waals surface area contributed by atoms with E-state index in [4.69, 9.17) is 22.1 Å². The molecule has 4 rings (SSSR count). The number of nitrogens with zero attached hydrogens (tertiary/aromatic N) is 5. The van der Waals surface area contributed by atoms with E-state index in [1.165, 1.54) is 24.5 Å². The maximum absolute atomic E-state index is 13.5. The molecule has 1 aromatic carbocycles. The van der Waals surface area contributed by atoms with E-state index in [-0.39, 0.29) is 29.4 Å². The maximum Gasteiger partial charge on any atom is 0.246 e. The van der Waals surface area contributed by atoms with Crippen LogP contribution in [0, 0.1) is 17.7 Å². The molecule has 10 heteroatoms. The number of amides is 1. The quantitative estimate of drug-likeness (QED) is 0.480. The number of rotatable bonds is 4. The zero-order chi connectivity index (χ0) is 22.7. The summed E-state index contributed by atoms with van der Waals surface area (Å²) in [6.45, 7) is 4.74. The standard InChI is InChI=1S/C22H20ClFN6O2/c1-2-19(31)29-9-3-5-14(12-29)30-22-20(21(25)26-13-27-22)18(28-30)6-4-10-32-15-7-8-16(23)17(24)11-15/h2,7-8,11,13-14H,1,3,5,9-10,12H2,(H2,25,26,27). The van der Waals surface area contributed by atoms with Crippen LogP contribution in [-0.2, 0) is 4.79 Å². The van der Waals surface area contributed by atoms with Gasteiger partial charge in [-0.1, -0.05) is 24.1 Å². The molecule has 1 fully saturated rings. The van der Waals surface area contributed by atoms with Gasteiger partial charge in [-0.25, -0.2) is 19.0 Å². The summed E-state index contributed by atoms with van der Waals surface area (Å²) in [5.74, 6) is 5.71. The summed E-state index contributed by atoms with van der Waals surface area (Å²) in [6, 6.07) is 4.09. The van der Waals surface area contributed by atoms with Crippen LogP contribution in [0.5, 0.6) is 5.75 Å². The smallest absolute Gasteiger partial charge is 0.246 e. The molecule has 0 spiro atoms. The van der Waals surface area contributed by atoms with Crippen molar-refractivity contribution < 1.29 is 13.9 Å². The van der Waals surface area contributed by atoms with Crippen molar-refractivity contribution in [3.8, 4) is 17.6 Å². The number of nitrogens with two attached hydrogens (primary N) is 1. The molecule has 0 saturated carbocycles. The second-order valence-electron chi connectivity index (χ2n) is 7.20. The van der Waals surface area contributed by atoms with Gasteiger partial charge >= 0.3 is 0 Å². The van der Waals surface area contributed by atoms with Crippen LogP contribution < -0.4 is 10.5 Å². The Morgan fingerprint density at radius 3 is 3.06 bits per heavy atom. The lowest BCUT2D eigenvalue weighted by Crippen LogP contribution is -2.40. The monoisotopic (exact) mass is 454 g/mol. The minimum Gasteiger partial charge on any atom is -0.481 e. The fourth-order valence-electron chi connectivity index (χ4n) is 3.63. The van der Waals surface area contributed by atoms with Gasteiger partial charge in [0.2, 0.25) is 5.91 Å². The second kappa shape index (κ2) is 9.24. The molecule has 1 amide bonds. The number of hydrogen-bond donors (Lipinski definition) is 1. The molecular formula is C22H20ClFN6O2. The number of ether oxygens (including phenoxy) is 1. The molecule has 2 N–H and O–H groups in total. The summed E-state index contributed by atoms with van der Waals surface area (Å²) in [5.41, 5.74) is 7.06. The number of likely N-dealkylation sites (tertiary alicyclic amines) is 1. The highest BCUT2D eigenvalue weighted by Gasteiger charge is 2.27. The van der Waals surface area contributed by atoms with Crippen LogP contribution in [0.2, 0.25) is 5.02 Å². The molecule has 0 radical (unpaired) electrons. The first kappa shape index (κ1) is 21.6. The third-order valence-corrected chi connectivity index (χ3v) is 5.46. The lowest BCUT2D eigenvalue weighted by Gasteiger charge is -2.32. The minimum absolute atomic E-state index is 0.00800. The van der Waals surface area contributed by atoms with Gasteiger partial charge in [-0.15, -0.1) is 0 Å². The van der Waals surface area contributed by atoms with Crippen LogP contribution in [0.3, 0.4) is 0 Å². The van der Waals surface area contributed by atoms with Crippen molar-refractivity contribution in [2.24, 2.45) is 0 Å². The van der Waals surface area contributed by atoms with Crippen LogP contribution in [0.4, 0.5) is 10.2 Å². The summed E-state index contributed by atoms with van der Waals surface area (Å²) in [6.07, 6.45) is 4.35. The topological polar surface area (TPSA) is 99.2 Å². The Kier molecular flexibility index (Phi) is 6.23. The Bertz CT molecular complexity index is 1250. The van der Waals surface area contributed by atoms with Crippen LogP contribution in [-0.4, -0.2) is 50.3 Å². The number of aromatic nitrogens is 4. The third-order valence-electron chi connectivity index (χ3n) is 5.16. The van der Waals surface area contributed by atoms with Crippen molar-refractivity contribution in [3.63, 3.8) is 0 Å². The Morgan fingerprint density at radius 1 is 1.44 bits per heavy atom. The molecule has 8 nitrogen and oxygen atoms in total. The molecule has 1 aliphatic rings. The van der Waals surface area contributed by atoms with Crippen LogP contribution >= 0.6 is 11.6 Å². The highest BCUT2D eigenvalue weighted by atomic mass is 35.5. The molecule has 0 bridgehead atoms. The molecule has 0 aliphatic carbocycles. The number of carbonyl (C=O) groups is 1.